The Hall–Kier alpha value is -3.14. The first-order valence-corrected chi connectivity index (χ1v) is 11.5. The molecular weight excluding hydrogens is 426 g/mol. The molecule has 174 valence electrons. The fourth-order valence-electron chi connectivity index (χ4n) is 5.13. The molecule has 10 heteroatoms. The van der Waals surface area contributed by atoms with Crippen LogP contribution in [0.15, 0.2) is 10.9 Å². The van der Waals surface area contributed by atoms with Crippen LogP contribution < -0.4 is 11.3 Å². The van der Waals surface area contributed by atoms with E-state index in [1.807, 2.05) is 4.90 Å². The van der Waals surface area contributed by atoms with E-state index in [9.17, 15) is 19.5 Å². The van der Waals surface area contributed by atoms with Crippen LogP contribution in [0.3, 0.4) is 0 Å². The van der Waals surface area contributed by atoms with E-state index in [4.69, 9.17) is 10.5 Å². The summed E-state index contributed by atoms with van der Waals surface area (Å²) in [5.41, 5.74) is 6.04. The van der Waals surface area contributed by atoms with Gasteiger partial charge in [0.2, 0.25) is 11.8 Å². The highest BCUT2D eigenvalue weighted by atomic mass is 16.5. The number of rotatable bonds is 6. The van der Waals surface area contributed by atoms with Crippen molar-refractivity contribution >= 4 is 23.5 Å². The molecule has 3 N–H and O–H groups in total. The molecule has 2 bridgehead atoms. The number of aromatic nitrogens is 3. The van der Waals surface area contributed by atoms with Crippen molar-refractivity contribution in [1.82, 2.24) is 19.1 Å². The lowest BCUT2D eigenvalue weighted by molar-refractivity contribution is -0.130. The number of fused-ring (bicyclic) bond motifs is 3. The van der Waals surface area contributed by atoms with Gasteiger partial charge in [0.15, 0.2) is 5.56 Å². The van der Waals surface area contributed by atoms with Crippen LogP contribution in [0.25, 0.3) is 11.7 Å². The van der Waals surface area contributed by atoms with E-state index < -0.39 is 22.9 Å². The molecule has 4 aliphatic rings. The molecule has 2 amide bonds. The lowest BCUT2D eigenvalue weighted by Gasteiger charge is -2.25. The van der Waals surface area contributed by atoms with Crippen molar-refractivity contribution < 1.29 is 19.4 Å². The Kier molecular flexibility index (Phi) is 4.30. The molecule has 2 saturated heterocycles. The zero-order chi connectivity index (χ0) is 23.1. The third-order valence-corrected chi connectivity index (χ3v) is 7.49. The maximum Gasteiger partial charge on any atom is 0.270 e. The number of morpholine rings is 1. The minimum Gasteiger partial charge on any atom is -0.492 e. The van der Waals surface area contributed by atoms with Gasteiger partial charge < -0.3 is 20.5 Å². The Bertz CT molecular complexity index is 1280. The molecule has 2 saturated carbocycles. The number of primary amides is 1. The lowest BCUT2D eigenvalue weighted by atomic mass is 10.1. The zero-order valence-electron chi connectivity index (χ0n) is 18.5. The number of likely N-dealkylation sites (tertiary alicyclic amines) is 1. The molecule has 2 aliphatic heterocycles. The summed E-state index contributed by atoms with van der Waals surface area (Å²) in [6.45, 7) is 3.61. The number of hydrogen-bond acceptors (Lipinski definition) is 6. The predicted octanol–water partition coefficient (Wildman–Crippen LogP) is 0.991. The molecule has 10 nitrogen and oxygen atoms in total. The number of aromatic hydroxyl groups is 1. The van der Waals surface area contributed by atoms with Gasteiger partial charge in [0.05, 0.1) is 24.4 Å². The molecule has 33 heavy (non-hydrogen) atoms. The highest BCUT2D eigenvalue weighted by molar-refractivity contribution is 5.96. The molecule has 0 unspecified atom stereocenters. The van der Waals surface area contributed by atoms with E-state index in [-0.39, 0.29) is 29.4 Å². The monoisotopic (exact) mass is 453 g/mol. The van der Waals surface area contributed by atoms with E-state index in [1.165, 1.54) is 15.2 Å². The largest absolute Gasteiger partial charge is 0.492 e. The van der Waals surface area contributed by atoms with Gasteiger partial charge in [-0.3, -0.25) is 19.0 Å². The third-order valence-electron chi connectivity index (χ3n) is 7.49. The molecule has 0 aromatic carbocycles. The summed E-state index contributed by atoms with van der Waals surface area (Å²) >= 11 is 0. The standard InChI is InChI=1S/C23H27N5O5/c1-23(6-7-23)11-27-20-15(4-5-16(29)26-9-14-8-13(26)10-33-14)18(12-2-3-12)25-28(20)22(32)17(19(24)30)21(27)31/h4-5,12-14,32H,2-3,6-11H2,1H3,(H2,24,30)/b5-4+/t13-,14-/m1/s1. The van der Waals surface area contributed by atoms with Gasteiger partial charge in [0, 0.05) is 30.6 Å². The van der Waals surface area contributed by atoms with Crippen molar-refractivity contribution in [1.29, 1.82) is 0 Å². The van der Waals surface area contributed by atoms with E-state index in [1.54, 1.807) is 6.08 Å². The van der Waals surface area contributed by atoms with Crippen LogP contribution in [0.4, 0.5) is 0 Å². The highest BCUT2D eigenvalue weighted by Gasteiger charge is 2.42. The second-order valence-electron chi connectivity index (χ2n) is 10.2. The Morgan fingerprint density at radius 1 is 1.33 bits per heavy atom. The van der Waals surface area contributed by atoms with E-state index in [0.717, 1.165) is 37.8 Å². The van der Waals surface area contributed by atoms with Gasteiger partial charge >= 0.3 is 0 Å². The smallest absolute Gasteiger partial charge is 0.270 e. The lowest BCUT2D eigenvalue weighted by Crippen LogP contribution is -2.40. The van der Waals surface area contributed by atoms with Crippen LogP contribution in [-0.4, -0.2) is 61.3 Å². The third kappa shape index (κ3) is 3.26. The van der Waals surface area contributed by atoms with Crippen LogP contribution >= 0.6 is 0 Å². The maximum absolute atomic E-state index is 13.3. The first kappa shape index (κ1) is 20.5. The van der Waals surface area contributed by atoms with Gasteiger partial charge in [0.25, 0.3) is 11.5 Å². The average Bonchev–Trinajstić information content (AvgIpc) is 3.61. The van der Waals surface area contributed by atoms with Crippen molar-refractivity contribution in [3.05, 3.63) is 33.3 Å². The Morgan fingerprint density at radius 3 is 2.67 bits per heavy atom. The summed E-state index contributed by atoms with van der Waals surface area (Å²) in [5.74, 6) is -1.46. The number of ether oxygens (including phenoxy) is 1. The molecule has 2 aromatic rings. The second kappa shape index (κ2) is 6.93. The molecule has 0 spiro atoms. The van der Waals surface area contributed by atoms with Crippen LogP contribution in [0.1, 0.15) is 66.6 Å². The van der Waals surface area contributed by atoms with Gasteiger partial charge in [-0.05, 0) is 43.6 Å². The van der Waals surface area contributed by atoms with Gasteiger partial charge in [-0.15, -0.1) is 0 Å². The van der Waals surface area contributed by atoms with Crippen LogP contribution in [0, 0.1) is 5.41 Å². The van der Waals surface area contributed by atoms with Gasteiger partial charge in [-0.2, -0.15) is 9.61 Å². The summed E-state index contributed by atoms with van der Waals surface area (Å²) < 4.78 is 8.34. The first-order valence-electron chi connectivity index (χ1n) is 11.5. The highest BCUT2D eigenvalue weighted by Crippen LogP contribution is 2.47. The van der Waals surface area contributed by atoms with Gasteiger partial charge in [-0.25, -0.2) is 0 Å². The number of carbonyl (C=O) groups excluding carboxylic acids is 2. The average molecular weight is 453 g/mol. The summed E-state index contributed by atoms with van der Waals surface area (Å²) in [6.07, 6.45) is 8.02. The zero-order valence-corrected chi connectivity index (χ0v) is 18.5. The minimum absolute atomic E-state index is 0.0637. The minimum atomic E-state index is -0.990. The van der Waals surface area contributed by atoms with Gasteiger partial charge in [-0.1, -0.05) is 6.92 Å². The Morgan fingerprint density at radius 2 is 2.09 bits per heavy atom. The molecule has 0 radical (unpaired) electrons. The normalized spacial score (nSPS) is 25.4. The summed E-state index contributed by atoms with van der Waals surface area (Å²) in [7, 11) is 0. The van der Waals surface area contributed by atoms with Crippen molar-refractivity contribution in [2.45, 2.75) is 63.6 Å². The molecule has 2 aliphatic carbocycles. The predicted molar refractivity (Wildman–Crippen MR) is 118 cm³/mol. The van der Waals surface area contributed by atoms with E-state index in [0.29, 0.717) is 30.9 Å². The topological polar surface area (TPSA) is 132 Å². The number of amides is 2. The van der Waals surface area contributed by atoms with Crippen LogP contribution in [-0.2, 0) is 16.1 Å². The quantitative estimate of drug-likeness (QED) is 0.627. The second-order valence-corrected chi connectivity index (χ2v) is 10.2. The summed E-state index contributed by atoms with van der Waals surface area (Å²) in [5, 5.41) is 15.4. The Balaban J connectivity index is 1.50. The SMILES string of the molecule is CC1(Cn2c(=O)c(C(N)=O)c(O)n3nc(C4CC4)c(/C=C/C(=O)N4C[C@H]5C[C@@H]4CO5)c23)CC1. The van der Waals surface area contributed by atoms with Gasteiger partial charge in [0.1, 0.15) is 5.65 Å². The van der Waals surface area contributed by atoms with Crippen LogP contribution in [0.5, 0.6) is 5.88 Å². The number of nitrogens with zero attached hydrogens (tertiary/aromatic N) is 4. The van der Waals surface area contributed by atoms with Crippen molar-refractivity contribution in [3.8, 4) is 5.88 Å². The molecule has 2 atom stereocenters. The summed E-state index contributed by atoms with van der Waals surface area (Å²) in [6, 6.07) is 0.106. The van der Waals surface area contributed by atoms with E-state index in [2.05, 4.69) is 12.0 Å². The Labute approximate surface area is 189 Å². The fraction of sp³-hybridized carbons (Fsp3) is 0.565. The fourth-order valence-corrected chi connectivity index (χ4v) is 5.13. The molecule has 4 fully saturated rings. The van der Waals surface area contributed by atoms with Crippen molar-refractivity contribution in [2.75, 3.05) is 13.2 Å². The molecule has 6 rings (SSSR count). The van der Waals surface area contributed by atoms with Crippen molar-refractivity contribution in [3.63, 3.8) is 0 Å². The molecular formula is C23H27N5O5. The van der Waals surface area contributed by atoms with Crippen molar-refractivity contribution in [2.24, 2.45) is 11.1 Å². The number of hydrogen-bond donors (Lipinski definition) is 2. The van der Waals surface area contributed by atoms with E-state index >= 15 is 0 Å². The molecule has 4 heterocycles. The number of nitrogens with two attached hydrogens (primary N) is 1. The first-order chi connectivity index (χ1) is 15.8. The number of carbonyl (C=O) groups is 2. The van der Waals surface area contributed by atoms with Crippen LogP contribution in [0.2, 0.25) is 0 Å². The maximum atomic E-state index is 13.3. The summed E-state index contributed by atoms with van der Waals surface area (Å²) in [4.78, 5) is 40.1. The molecule has 2 aromatic heterocycles.